The highest BCUT2D eigenvalue weighted by atomic mass is 32.2. The van der Waals surface area contributed by atoms with Crippen molar-refractivity contribution in [2.24, 2.45) is 5.73 Å². The zero-order valence-electron chi connectivity index (χ0n) is 14.0. The quantitative estimate of drug-likeness (QED) is 0.688. The lowest BCUT2D eigenvalue weighted by molar-refractivity contribution is -0.115. The molecule has 0 saturated carbocycles. The molecule has 128 valence electrons. The molecule has 0 saturated heterocycles. The van der Waals surface area contributed by atoms with Crippen LogP contribution in [-0.4, -0.2) is 33.5 Å². The molecule has 0 radical (unpaired) electrons. The van der Waals surface area contributed by atoms with Crippen LogP contribution in [0.4, 0.5) is 0 Å². The van der Waals surface area contributed by atoms with E-state index in [-0.39, 0.29) is 5.75 Å². The van der Waals surface area contributed by atoms with E-state index in [4.69, 9.17) is 10.5 Å². The van der Waals surface area contributed by atoms with Crippen LogP contribution < -0.4 is 10.5 Å². The number of nitrogens with zero attached hydrogens (tertiary/aromatic N) is 3. The topological polar surface area (TPSA) is 83.0 Å². The Balaban J connectivity index is 2.11. The van der Waals surface area contributed by atoms with E-state index in [9.17, 15) is 4.79 Å². The molecule has 1 heterocycles. The van der Waals surface area contributed by atoms with E-state index in [2.05, 4.69) is 10.2 Å². The van der Waals surface area contributed by atoms with Gasteiger partial charge in [-0.05, 0) is 19.1 Å². The Labute approximate surface area is 150 Å². The molecule has 6 nitrogen and oxygen atoms in total. The third kappa shape index (κ3) is 3.83. The number of ether oxygens (including phenoxy) is 1. The van der Waals surface area contributed by atoms with E-state index in [1.165, 1.54) is 17.3 Å². The van der Waals surface area contributed by atoms with Crippen LogP contribution in [0.15, 0.2) is 53.7 Å². The lowest BCUT2D eigenvalue weighted by atomic mass is 10.1. The van der Waals surface area contributed by atoms with Gasteiger partial charge in [-0.1, -0.05) is 47.7 Å². The number of primary amides is 1. The van der Waals surface area contributed by atoms with Crippen LogP contribution in [0.1, 0.15) is 5.56 Å². The van der Waals surface area contributed by atoms with Gasteiger partial charge in [0, 0.05) is 11.6 Å². The van der Waals surface area contributed by atoms with Crippen LogP contribution >= 0.6 is 11.8 Å². The first kappa shape index (κ1) is 17.0. The van der Waals surface area contributed by atoms with Crippen molar-refractivity contribution in [3.63, 3.8) is 0 Å². The zero-order chi connectivity index (χ0) is 17.8. The van der Waals surface area contributed by atoms with Gasteiger partial charge in [-0.25, -0.2) is 0 Å². The van der Waals surface area contributed by atoms with Gasteiger partial charge in [0.15, 0.2) is 11.0 Å². The SMILES string of the molecule is COc1cccc(-n2c(SCC(N)=O)nnc2-c2ccc(C)cc2)c1. The minimum absolute atomic E-state index is 0.135. The molecule has 1 amide bonds. The van der Waals surface area contributed by atoms with Gasteiger partial charge < -0.3 is 10.5 Å². The second kappa shape index (κ2) is 7.40. The molecule has 0 aliphatic heterocycles. The highest BCUT2D eigenvalue weighted by Gasteiger charge is 2.17. The minimum atomic E-state index is -0.401. The second-order valence-corrected chi connectivity index (χ2v) is 6.41. The Morgan fingerprint density at radius 1 is 1.20 bits per heavy atom. The normalized spacial score (nSPS) is 10.6. The van der Waals surface area contributed by atoms with Crippen molar-refractivity contribution in [3.8, 4) is 22.8 Å². The van der Waals surface area contributed by atoms with Crippen LogP contribution in [-0.2, 0) is 4.79 Å². The number of thioether (sulfide) groups is 1. The fourth-order valence-corrected chi connectivity index (χ4v) is 3.06. The maximum Gasteiger partial charge on any atom is 0.227 e. The zero-order valence-corrected chi connectivity index (χ0v) is 14.8. The standard InChI is InChI=1S/C18H18N4O2S/c1-12-6-8-13(9-7-12)17-20-21-18(25-11-16(19)23)22(17)14-4-3-5-15(10-14)24-2/h3-10H,11H2,1-2H3,(H2,19,23). The van der Waals surface area contributed by atoms with E-state index in [1.807, 2.05) is 60.0 Å². The number of carbonyl (C=O) groups is 1. The molecule has 1 aromatic heterocycles. The van der Waals surface area contributed by atoms with Crippen molar-refractivity contribution in [2.75, 3.05) is 12.9 Å². The molecule has 25 heavy (non-hydrogen) atoms. The summed E-state index contributed by atoms with van der Waals surface area (Å²) in [4.78, 5) is 11.2. The van der Waals surface area contributed by atoms with Gasteiger partial charge in [0.25, 0.3) is 0 Å². The third-order valence-electron chi connectivity index (χ3n) is 3.60. The average Bonchev–Trinajstić information content (AvgIpc) is 3.04. The van der Waals surface area contributed by atoms with E-state index in [0.29, 0.717) is 11.0 Å². The molecule has 0 spiro atoms. The molecule has 7 heteroatoms. The van der Waals surface area contributed by atoms with Crippen LogP contribution in [0.5, 0.6) is 5.75 Å². The largest absolute Gasteiger partial charge is 0.497 e. The lowest BCUT2D eigenvalue weighted by Crippen LogP contribution is -2.13. The number of amides is 1. The van der Waals surface area contributed by atoms with Gasteiger partial charge in [-0.2, -0.15) is 0 Å². The third-order valence-corrected chi connectivity index (χ3v) is 4.55. The van der Waals surface area contributed by atoms with Crippen LogP contribution in [0.25, 0.3) is 17.1 Å². The number of aromatic nitrogens is 3. The second-order valence-electron chi connectivity index (χ2n) is 5.46. The Morgan fingerprint density at radius 2 is 1.96 bits per heavy atom. The predicted octanol–water partition coefficient (Wildman–Crippen LogP) is 2.83. The number of methoxy groups -OCH3 is 1. The summed E-state index contributed by atoms with van der Waals surface area (Å²) in [7, 11) is 1.62. The summed E-state index contributed by atoms with van der Waals surface area (Å²) < 4.78 is 7.22. The van der Waals surface area contributed by atoms with Crippen LogP contribution in [0.2, 0.25) is 0 Å². The first-order chi connectivity index (χ1) is 12.1. The van der Waals surface area contributed by atoms with E-state index < -0.39 is 5.91 Å². The van der Waals surface area contributed by atoms with Gasteiger partial charge in [0.05, 0.1) is 18.6 Å². The lowest BCUT2D eigenvalue weighted by Gasteiger charge is -2.11. The summed E-state index contributed by atoms with van der Waals surface area (Å²) in [5.41, 5.74) is 8.23. The average molecular weight is 354 g/mol. The van der Waals surface area contributed by atoms with E-state index in [0.717, 1.165) is 17.0 Å². The Hall–Kier alpha value is -2.80. The number of nitrogens with two attached hydrogens (primary N) is 1. The van der Waals surface area contributed by atoms with Crippen molar-refractivity contribution in [1.82, 2.24) is 14.8 Å². The van der Waals surface area contributed by atoms with Gasteiger partial charge in [-0.15, -0.1) is 10.2 Å². The van der Waals surface area contributed by atoms with Crippen LogP contribution in [0, 0.1) is 6.92 Å². The maximum atomic E-state index is 11.2. The highest BCUT2D eigenvalue weighted by Crippen LogP contribution is 2.29. The Morgan fingerprint density at radius 3 is 2.64 bits per heavy atom. The molecular formula is C18H18N4O2S. The molecule has 0 unspecified atom stereocenters. The summed E-state index contributed by atoms with van der Waals surface area (Å²) in [6.45, 7) is 2.03. The Bertz CT molecular complexity index is 890. The molecule has 0 atom stereocenters. The predicted molar refractivity (Wildman–Crippen MR) is 98.0 cm³/mol. The number of rotatable bonds is 6. The number of aryl methyl sites for hydroxylation is 1. The minimum Gasteiger partial charge on any atom is -0.497 e. The molecule has 0 bridgehead atoms. The molecule has 2 N–H and O–H groups in total. The number of carbonyl (C=O) groups excluding carboxylic acids is 1. The summed E-state index contributed by atoms with van der Waals surface area (Å²) in [5, 5.41) is 9.17. The molecule has 0 aliphatic rings. The number of benzene rings is 2. The highest BCUT2D eigenvalue weighted by molar-refractivity contribution is 7.99. The molecule has 2 aromatic carbocycles. The summed E-state index contributed by atoms with van der Waals surface area (Å²) in [6, 6.07) is 15.7. The Kier molecular flexibility index (Phi) is 5.04. The van der Waals surface area contributed by atoms with Gasteiger partial charge in [0.2, 0.25) is 5.91 Å². The monoisotopic (exact) mass is 354 g/mol. The number of hydrogen-bond donors (Lipinski definition) is 1. The van der Waals surface area contributed by atoms with Crippen molar-refractivity contribution in [1.29, 1.82) is 0 Å². The van der Waals surface area contributed by atoms with Crippen LogP contribution in [0.3, 0.4) is 0 Å². The van der Waals surface area contributed by atoms with E-state index in [1.54, 1.807) is 7.11 Å². The fourth-order valence-electron chi connectivity index (χ4n) is 2.37. The smallest absolute Gasteiger partial charge is 0.227 e. The van der Waals surface area contributed by atoms with E-state index >= 15 is 0 Å². The molecule has 0 fully saturated rings. The van der Waals surface area contributed by atoms with Crippen molar-refractivity contribution < 1.29 is 9.53 Å². The van der Waals surface area contributed by atoms with Gasteiger partial charge >= 0.3 is 0 Å². The number of hydrogen-bond acceptors (Lipinski definition) is 5. The molecule has 0 aliphatic carbocycles. The van der Waals surface area contributed by atoms with Crippen molar-refractivity contribution in [2.45, 2.75) is 12.1 Å². The van der Waals surface area contributed by atoms with Gasteiger partial charge in [-0.3, -0.25) is 9.36 Å². The first-order valence-corrected chi connectivity index (χ1v) is 8.65. The summed E-state index contributed by atoms with van der Waals surface area (Å²) in [6.07, 6.45) is 0. The molecule has 3 aromatic rings. The fraction of sp³-hybridized carbons (Fsp3) is 0.167. The molecule has 3 rings (SSSR count). The van der Waals surface area contributed by atoms with Crippen molar-refractivity contribution in [3.05, 3.63) is 54.1 Å². The van der Waals surface area contributed by atoms with Crippen molar-refractivity contribution >= 4 is 17.7 Å². The molecular weight excluding hydrogens is 336 g/mol. The maximum absolute atomic E-state index is 11.2. The summed E-state index contributed by atoms with van der Waals surface area (Å²) >= 11 is 1.26. The summed E-state index contributed by atoms with van der Waals surface area (Å²) in [5.74, 6) is 1.16. The first-order valence-electron chi connectivity index (χ1n) is 7.66. The van der Waals surface area contributed by atoms with Gasteiger partial charge in [0.1, 0.15) is 5.75 Å².